The van der Waals surface area contributed by atoms with E-state index in [0.29, 0.717) is 71.7 Å². The first kappa shape index (κ1) is 111. The lowest BCUT2D eigenvalue weighted by Gasteiger charge is -2.47. The van der Waals surface area contributed by atoms with Gasteiger partial charge in [-0.3, -0.25) is 72.2 Å². The molecule has 15 rings (SSSR count). The van der Waals surface area contributed by atoms with Crippen LogP contribution >= 0.6 is 0 Å². The summed E-state index contributed by atoms with van der Waals surface area (Å²) in [4.78, 5) is 178. The van der Waals surface area contributed by atoms with E-state index in [-0.39, 0.29) is 73.7 Å². The number of carbonyl (C=O) groups excluding carboxylic acids is 12. The number of fused-ring (bicyclic) bond motifs is 6. The summed E-state index contributed by atoms with van der Waals surface area (Å²) in [6, 6.07) is 52.9. The molecule has 6 heterocycles. The third kappa shape index (κ3) is 33.0. The number of nitrogens with zero attached hydrogens (tertiary/aromatic N) is 6. The van der Waals surface area contributed by atoms with Gasteiger partial charge in [0.1, 0.15) is 35.2 Å². The van der Waals surface area contributed by atoms with Crippen LogP contribution in [0.25, 0.3) is 32.7 Å². The maximum absolute atomic E-state index is 13.8. The second-order valence-electron chi connectivity index (χ2n) is 44.1. The Kier molecular flexibility index (Phi) is 39.0. The van der Waals surface area contributed by atoms with E-state index in [2.05, 4.69) is 77.5 Å². The van der Waals surface area contributed by atoms with Crippen molar-refractivity contribution >= 4 is 104 Å². The quantitative estimate of drug-likeness (QED) is 0.0174. The third-order valence-corrected chi connectivity index (χ3v) is 29.0. The maximum atomic E-state index is 13.8. The minimum absolute atomic E-state index is 0.0566. The summed E-state index contributed by atoms with van der Waals surface area (Å²) in [6.45, 7) is 20.2. The molecule has 6 aliphatic rings. The number of hydrogen-bond donors (Lipinski definition) is 15. The van der Waals surface area contributed by atoms with Crippen LogP contribution < -0.4 is 65.1 Å². The lowest BCUT2D eigenvalue weighted by atomic mass is 9.72. The number of likely N-dealkylation sites (tertiary alicyclic amines) is 3. The molecule has 33 heteroatoms. The van der Waals surface area contributed by atoms with Gasteiger partial charge in [0.25, 0.3) is 17.7 Å². The van der Waals surface area contributed by atoms with Gasteiger partial charge in [-0.25, -0.2) is 15.0 Å². The highest BCUT2D eigenvalue weighted by atomic mass is 16.3. The Morgan fingerprint density at radius 3 is 0.782 bits per heavy atom. The monoisotopic (exact) mass is 2010 g/mol. The van der Waals surface area contributed by atoms with Crippen LogP contribution in [-0.2, 0) is 62.4 Å². The Morgan fingerprint density at radius 1 is 0.313 bits per heavy atom. The summed E-state index contributed by atoms with van der Waals surface area (Å²) >= 11 is 0. The highest BCUT2D eigenvalue weighted by Crippen LogP contribution is 2.43. The van der Waals surface area contributed by atoms with E-state index in [4.69, 9.17) is 17.2 Å². The fraction of sp³-hybridized carbons (Fsp3) is 0.500. The molecule has 0 bridgehead atoms. The number of hydrogen-bond acceptors (Lipinski definition) is 21. The van der Waals surface area contributed by atoms with Crippen LogP contribution in [0.3, 0.4) is 0 Å². The lowest BCUT2D eigenvalue weighted by molar-refractivity contribution is -0.134. The number of primary amides is 3. The van der Waals surface area contributed by atoms with Crippen molar-refractivity contribution in [2.75, 3.05) is 39.3 Å². The summed E-state index contributed by atoms with van der Waals surface area (Å²) < 4.78 is 0. The van der Waals surface area contributed by atoms with Crippen molar-refractivity contribution in [3.8, 4) is 0 Å². The first-order valence-corrected chi connectivity index (χ1v) is 52.2. The van der Waals surface area contributed by atoms with Crippen LogP contribution in [0.2, 0.25) is 0 Å². The van der Waals surface area contributed by atoms with E-state index in [1.807, 2.05) is 208 Å². The van der Waals surface area contributed by atoms with E-state index in [0.717, 1.165) is 110 Å². The van der Waals surface area contributed by atoms with Crippen molar-refractivity contribution in [2.24, 2.45) is 52.7 Å². The summed E-state index contributed by atoms with van der Waals surface area (Å²) in [5, 5.41) is 64.2. The smallest absolute Gasteiger partial charge is 0.270 e. The third-order valence-electron chi connectivity index (χ3n) is 29.0. The fourth-order valence-corrected chi connectivity index (χ4v) is 21.8. The van der Waals surface area contributed by atoms with E-state index < -0.39 is 162 Å². The Bertz CT molecular complexity index is 5450. The summed E-state index contributed by atoms with van der Waals surface area (Å²) in [7, 11) is 0. The second kappa shape index (κ2) is 51.5. The maximum Gasteiger partial charge on any atom is 0.270 e. The average molecular weight is 2010 g/mol. The zero-order chi connectivity index (χ0) is 105. The molecule has 3 saturated heterocycles. The molecule has 147 heavy (non-hydrogen) atoms. The van der Waals surface area contributed by atoms with Gasteiger partial charge in [-0.15, -0.1) is 0 Å². The molecule has 9 aromatic rings. The first-order chi connectivity index (χ1) is 70.1. The number of piperidine rings is 3. The number of β-amino-alcohol motifs (C(OH)–C–C–N with tert-alkyl or cyclic N) is 3. The molecule has 12 amide bonds. The number of carbonyl (C=O) groups is 12. The van der Waals surface area contributed by atoms with E-state index in [9.17, 15) is 72.9 Å². The molecule has 3 aliphatic heterocycles. The Morgan fingerprint density at radius 2 is 0.544 bits per heavy atom. The largest absolute Gasteiger partial charge is 0.390 e. The molecule has 3 aromatic heterocycles. The Hall–Kier alpha value is -13.1. The van der Waals surface area contributed by atoms with Crippen molar-refractivity contribution in [1.29, 1.82) is 0 Å². The number of pyridine rings is 3. The number of nitrogens with one attached hydrogen (secondary N) is 9. The number of aromatic nitrogens is 3. The van der Waals surface area contributed by atoms with Crippen LogP contribution in [0, 0.1) is 35.5 Å². The van der Waals surface area contributed by atoms with Crippen LogP contribution in [0.4, 0.5) is 0 Å². The van der Waals surface area contributed by atoms with Crippen LogP contribution in [0.1, 0.15) is 226 Å². The lowest BCUT2D eigenvalue weighted by Crippen LogP contribution is -2.61. The molecule has 18 N–H and O–H groups in total. The number of para-hydroxylation sites is 3. The SMILES string of the molecule is CC(C)(C)NC(=O)[C@@H]1C[C@@H]2CCCC[C@@H]2CN1C[C@@H](O)[C@H](Cc1ccccc1)NC(=O)[C@H](CC(N)=O)NC(=O)c1ccc2ccccc2n1.CC(C)(C)NC(=O)[C@@H]1C[C@@H]2CCCC[C@@H]2CN1C[C@@H](O)[C@H](Cc1ccccc1)NC(=O)[C@H](CC(N)=O)NC(=O)c1ccc2ccccc2n1.CC(C)(C)NC(=O)[C@@H]1C[C@@H]2CCCC[C@@H]2CN1C[C@@H](O)[C@H](Cc1ccccc1)NC(=O)[C@H](CC(N)=O)NC(=O)c1ccc2ccccc2n1. The van der Waals surface area contributed by atoms with Crippen molar-refractivity contribution < 1.29 is 72.9 Å². The topological polar surface area (TPSA) is 500 Å². The van der Waals surface area contributed by atoms with Gasteiger partial charge in [-0.1, -0.05) is 222 Å². The number of aliphatic hydroxyl groups is 3. The molecular formula is C114H150N18O15. The number of benzene rings is 6. The van der Waals surface area contributed by atoms with E-state index >= 15 is 0 Å². The number of aliphatic hydroxyl groups excluding tert-OH is 3. The molecular weight excluding hydrogens is 1860 g/mol. The highest BCUT2D eigenvalue weighted by Gasteiger charge is 2.47. The molecule has 18 atom stereocenters. The molecule has 786 valence electrons. The van der Waals surface area contributed by atoms with Crippen molar-refractivity contribution in [3.63, 3.8) is 0 Å². The van der Waals surface area contributed by atoms with Gasteiger partial charge in [0.15, 0.2) is 0 Å². The van der Waals surface area contributed by atoms with Crippen molar-refractivity contribution in [2.45, 2.75) is 286 Å². The zero-order valence-corrected chi connectivity index (χ0v) is 86.2. The number of amides is 12. The fourth-order valence-electron chi connectivity index (χ4n) is 21.8. The van der Waals surface area contributed by atoms with Gasteiger partial charge in [0.2, 0.25) is 53.2 Å². The van der Waals surface area contributed by atoms with Gasteiger partial charge in [-0.2, -0.15) is 0 Å². The van der Waals surface area contributed by atoms with Crippen molar-refractivity contribution in [1.82, 2.24) is 77.5 Å². The molecule has 0 radical (unpaired) electrons. The minimum Gasteiger partial charge on any atom is -0.390 e. The van der Waals surface area contributed by atoms with Gasteiger partial charge in [-0.05, 0) is 209 Å². The first-order valence-electron chi connectivity index (χ1n) is 52.2. The van der Waals surface area contributed by atoms with Crippen LogP contribution in [0.5, 0.6) is 0 Å². The predicted octanol–water partition coefficient (Wildman–Crippen LogP) is 9.28. The molecule has 3 aliphatic carbocycles. The molecule has 6 fully saturated rings. The molecule has 0 spiro atoms. The van der Waals surface area contributed by atoms with Gasteiger partial charge in [0, 0.05) is 72.0 Å². The van der Waals surface area contributed by atoms with Gasteiger partial charge < -0.3 is 80.4 Å². The second-order valence-corrected chi connectivity index (χ2v) is 44.1. The summed E-state index contributed by atoms with van der Waals surface area (Å²) in [6.07, 6.45) is 12.1. The molecule has 3 saturated carbocycles. The van der Waals surface area contributed by atoms with E-state index in [1.54, 1.807) is 54.6 Å². The molecule has 6 aromatic carbocycles. The van der Waals surface area contributed by atoms with Crippen LogP contribution in [0.15, 0.2) is 200 Å². The predicted molar refractivity (Wildman–Crippen MR) is 565 cm³/mol. The van der Waals surface area contributed by atoms with Gasteiger partial charge in [0.05, 0.1) is 90.4 Å². The van der Waals surface area contributed by atoms with Crippen LogP contribution in [-0.4, -0.2) is 244 Å². The minimum atomic E-state index is -1.30. The molecule has 33 nitrogen and oxygen atoms in total. The zero-order valence-electron chi connectivity index (χ0n) is 86.2. The average Bonchev–Trinajstić information content (AvgIpc) is 0.794. The van der Waals surface area contributed by atoms with Gasteiger partial charge >= 0.3 is 0 Å². The van der Waals surface area contributed by atoms with Crippen molar-refractivity contribution in [3.05, 3.63) is 234 Å². The summed E-state index contributed by atoms with van der Waals surface area (Å²) in [5.41, 5.74) is 20.1. The normalized spacial score (nSPS) is 21.5. The Balaban J connectivity index is 0.000000184. The summed E-state index contributed by atoms with van der Waals surface area (Å²) in [5.74, 6) is -3.59. The number of rotatable bonds is 36. The Labute approximate surface area is 861 Å². The standard InChI is InChI=1S/3C38H50N6O5/c3*1-38(2,3)43-37(49)32-20-26-14-7-8-15-27(26)22-44(32)23-33(45)30(19-24-11-5-4-6-12-24)41-36(48)31(21-34(39)46)42-35(47)29-18-17-25-13-9-10-16-28(25)40-29/h3*4-6,9-13,16-18,26-27,30-33,45H,7-8,14-15,19-23H2,1-3H3,(H2,39,46)(H,41,48)(H,42,47)(H,43,49)/t3*26-,27+,30-,31-,32-,33+/m000/s1. The van der Waals surface area contributed by atoms with E-state index in [1.165, 1.54) is 19.3 Å². The highest BCUT2D eigenvalue weighted by molar-refractivity contribution is 6.02. The molecule has 0 unspecified atom stereocenters. The number of nitrogens with two attached hydrogens (primary N) is 3.